The highest BCUT2D eigenvalue weighted by Gasteiger charge is 2.15. The van der Waals surface area contributed by atoms with Crippen molar-refractivity contribution < 1.29 is 8.42 Å². The molecule has 1 heterocycles. The molecular formula is C23H20N2O2S2. The highest BCUT2D eigenvalue weighted by molar-refractivity contribution is 7.92. The van der Waals surface area contributed by atoms with E-state index in [1.807, 2.05) is 30.5 Å². The molecule has 4 aromatic rings. The van der Waals surface area contributed by atoms with Gasteiger partial charge in [-0.15, -0.1) is 11.3 Å². The monoisotopic (exact) mass is 420 g/mol. The van der Waals surface area contributed by atoms with E-state index in [4.69, 9.17) is 4.98 Å². The fraction of sp³-hybridized carbons (Fsp3) is 0.0870. The maximum atomic E-state index is 12.7. The second kappa shape index (κ2) is 7.81. The Hall–Kier alpha value is -2.96. The van der Waals surface area contributed by atoms with E-state index in [9.17, 15) is 8.42 Å². The fourth-order valence-corrected chi connectivity index (χ4v) is 4.79. The Bertz CT molecular complexity index is 1240. The van der Waals surface area contributed by atoms with Gasteiger partial charge in [-0.05, 0) is 38.1 Å². The summed E-state index contributed by atoms with van der Waals surface area (Å²) in [6.45, 7) is 3.98. The third-order valence-electron chi connectivity index (χ3n) is 4.54. The fourth-order valence-electron chi connectivity index (χ4n) is 2.91. The first-order chi connectivity index (χ1) is 13.9. The molecule has 146 valence electrons. The van der Waals surface area contributed by atoms with Crippen LogP contribution in [0.5, 0.6) is 0 Å². The van der Waals surface area contributed by atoms with Gasteiger partial charge in [0.15, 0.2) is 0 Å². The number of nitrogens with one attached hydrogen (secondary N) is 1. The van der Waals surface area contributed by atoms with E-state index in [-0.39, 0.29) is 4.90 Å². The van der Waals surface area contributed by atoms with Gasteiger partial charge in [-0.3, -0.25) is 4.72 Å². The van der Waals surface area contributed by atoms with E-state index in [1.165, 1.54) is 16.9 Å². The van der Waals surface area contributed by atoms with E-state index in [1.54, 1.807) is 30.3 Å². The quantitative estimate of drug-likeness (QED) is 0.438. The molecule has 0 bridgehead atoms. The standard InChI is InChI=1S/C23H20N2O2S2/c1-16-6-10-18(11-7-16)22-15-28-23(24-22)19-4-3-5-20(14-19)25-29(26,27)21-12-8-17(2)9-13-21/h3-15,25H,1-2H3. The minimum absolute atomic E-state index is 0.240. The number of sulfonamides is 1. The second-order valence-electron chi connectivity index (χ2n) is 6.90. The molecule has 0 saturated carbocycles. The van der Waals surface area contributed by atoms with Gasteiger partial charge in [0, 0.05) is 22.2 Å². The number of nitrogens with zero attached hydrogens (tertiary/aromatic N) is 1. The van der Waals surface area contributed by atoms with E-state index < -0.39 is 10.0 Å². The lowest BCUT2D eigenvalue weighted by Crippen LogP contribution is -2.12. The normalized spacial score (nSPS) is 11.4. The third kappa shape index (κ3) is 4.39. The van der Waals surface area contributed by atoms with Gasteiger partial charge in [-0.1, -0.05) is 59.7 Å². The van der Waals surface area contributed by atoms with Crippen molar-refractivity contribution in [3.8, 4) is 21.8 Å². The zero-order valence-electron chi connectivity index (χ0n) is 16.1. The van der Waals surface area contributed by atoms with E-state index in [2.05, 4.69) is 35.9 Å². The summed E-state index contributed by atoms with van der Waals surface area (Å²) in [4.78, 5) is 4.97. The number of aromatic nitrogens is 1. The van der Waals surface area contributed by atoms with Crippen molar-refractivity contribution in [3.63, 3.8) is 0 Å². The lowest BCUT2D eigenvalue weighted by Gasteiger charge is -2.09. The minimum atomic E-state index is -3.64. The van der Waals surface area contributed by atoms with Gasteiger partial charge in [-0.2, -0.15) is 0 Å². The molecule has 0 aliphatic carbocycles. The van der Waals surface area contributed by atoms with Crippen LogP contribution in [-0.4, -0.2) is 13.4 Å². The first-order valence-corrected chi connectivity index (χ1v) is 11.5. The van der Waals surface area contributed by atoms with E-state index in [0.29, 0.717) is 5.69 Å². The van der Waals surface area contributed by atoms with Crippen molar-refractivity contribution in [1.29, 1.82) is 0 Å². The number of thiazole rings is 1. The first kappa shape index (κ1) is 19.4. The van der Waals surface area contributed by atoms with Gasteiger partial charge >= 0.3 is 0 Å². The van der Waals surface area contributed by atoms with Crippen LogP contribution in [0.2, 0.25) is 0 Å². The van der Waals surface area contributed by atoms with Crippen LogP contribution < -0.4 is 4.72 Å². The lowest BCUT2D eigenvalue weighted by molar-refractivity contribution is 0.601. The average molecular weight is 421 g/mol. The Morgan fingerprint density at radius 1 is 0.828 bits per heavy atom. The lowest BCUT2D eigenvalue weighted by atomic mass is 10.1. The molecule has 1 N–H and O–H groups in total. The Morgan fingerprint density at radius 3 is 2.17 bits per heavy atom. The maximum absolute atomic E-state index is 12.7. The molecule has 0 unspecified atom stereocenters. The third-order valence-corrected chi connectivity index (χ3v) is 6.83. The van der Waals surface area contributed by atoms with Crippen LogP contribution in [0.3, 0.4) is 0 Å². The van der Waals surface area contributed by atoms with Crippen molar-refractivity contribution in [1.82, 2.24) is 4.98 Å². The molecule has 6 heteroatoms. The van der Waals surface area contributed by atoms with Crippen LogP contribution >= 0.6 is 11.3 Å². The largest absolute Gasteiger partial charge is 0.280 e. The molecule has 1 aromatic heterocycles. The number of anilines is 1. The Balaban J connectivity index is 1.59. The van der Waals surface area contributed by atoms with Gasteiger partial charge in [0.25, 0.3) is 10.0 Å². The smallest absolute Gasteiger partial charge is 0.261 e. The number of benzene rings is 3. The molecule has 4 rings (SSSR count). The summed E-state index contributed by atoms with van der Waals surface area (Å²) in [7, 11) is -3.64. The van der Waals surface area contributed by atoms with Crippen molar-refractivity contribution in [2.24, 2.45) is 0 Å². The SMILES string of the molecule is Cc1ccc(-c2csc(-c3cccc(NS(=O)(=O)c4ccc(C)cc4)c3)n2)cc1. The first-order valence-electron chi connectivity index (χ1n) is 9.13. The Labute approximate surface area is 175 Å². The molecule has 0 aliphatic rings. The number of aryl methyl sites for hydroxylation is 2. The van der Waals surface area contributed by atoms with Gasteiger partial charge in [0.1, 0.15) is 5.01 Å². The summed E-state index contributed by atoms with van der Waals surface area (Å²) in [6, 6.07) is 22.3. The average Bonchev–Trinajstić information content (AvgIpc) is 3.19. The van der Waals surface area contributed by atoms with Crippen LogP contribution in [0.1, 0.15) is 11.1 Å². The minimum Gasteiger partial charge on any atom is -0.280 e. The molecule has 29 heavy (non-hydrogen) atoms. The Morgan fingerprint density at radius 2 is 1.48 bits per heavy atom. The zero-order chi connectivity index (χ0) is 20.4. The molecule has 0 atom stereocenters. The van der Waals surface area contributed by atoms with Crippen LogP contribution in [0.4, 0.5) is 5.69 Å². The van der Waals surface area contributed by atoms with Crippen LogP contribution in [0.25, 0.3) is 21.8 Å². The summed E-state index contributed by atoms with van der Waals surface area (Å²) in [5.41, 5.74) is 5.58. The highest BCUT2D eigenvalue weighted by atomic mass is 32.2. The topological polar surface area (TPSA) is 59.1 Å². The molecule has 0 radical (unpaired) electrons. The molecule has 0 saturated heterocycles. The zero-order valence-corrected chi connectivity index (χ0v) is 17.7. The molecule has 3 aromatic carbocycles. The number of hydrogen-bond donors (Lipinski definition) is 1. The summed E-state index contributed by atoms with van der Waals surface area (Å²) < 4.78 is 28.0. The second-order valence-corrected chi connectivity index (χ2v) is 9.44. The van der Waals surface area contributed by atoms with Gasteiger partial charge in [-0.25, -0.2) is 13.4 Å². The van der Waals surface area contributed by atoms with Crippen LogP contribution in [0, 0.1) is 13.8 Å². The molecular weight excluding hydrogens is 400 g/mol. The Kier molecular flexibility index (Phi) is 5.22. The number of rotatable bonds is 5. The predicted molar refractivity (Wildman–Crippen MR) is 120 cm³/mol. The summed E-state index contributed by atoms with van der Waals surface area (Å²) in [6.07, 6.45) is 0. The molecule has 4 nitrogen and oxygen atoms in total. The van der Waals surface area contributed by atoms with Gasteiger partial charge in [0.05, 0.1) is 10.6 Å². The maximum Gasteiger partial charge on any atom is 0.261 e. The van der Waals surface area contributed by atoms with Crippen molar-refractivity contribution in [3.05, 3.63) is 89.3 Å². The molecule has 0 amide bonds. The van der Waals surface area contributed by atoms with Crippen molar-refractivity contribution in [2.45, 2.75) is 18.7 Å². The van der Waals surface area contributed by atoms with Crippen molar-refractivity contribution in [2.75, 3.05) is 4.72 Å². The van der Waals surface area contributed by atoms with Crippen molar-refractivity contribution >= 4 is 27.0 Å². The van der Waals surface area contributed by atoms with Gasteiger partial charge in [0.2, 0.25) is 0 Å². The predicted octanol–water partition coefficient (Wildman–Crippen LogP) is 5.89. The molecule has 0 spiro atoms. The molecule has 0 fully saturated rings. The summed E-state index contributed by atoms with van der Waals surface area (Å²) >= 11 is 1.54. The summed E-state index contributed by atoms with van der Waals surface area (Å²) in [5.74, 6) is 0. The van der Waals surface area contributed by atoms with Gasteiger partial charge < -0.3 is 0 Å². The van der Waals surface area contributed by atoms with E-state index >= 15 is 0 Å². The van der Waals surface area contributed by atoms with E-state index in [0.717, 1.165) is 27.4 Å². The van der Waals surface area contributed by atoms with Crippen LogP contribution in [0.15, 0.2) is 83.1 Å². The number of hydrogen-bond acceptors (Lipinski definition) is 4. The van der Waals surface area contributed by atoms with Crippen LogP contribution in [-0.2, 0) is 10.0 Å². The molecule has 0 aliphatic heterocycles. The highest BCUT2D eigenvalue weighted by Crippen LogP contribution is 2.30. The summed E-state index contributed by atoms with van der Waals surface area (Å²) in [5, 5.41) is 2.86.